The number of hydrogen-bond donors (Lipinski definition) is 1. The molecule has 0 aliphatic carbocycles. The van der Waals surface area contributed by atoms with Gasteiger partial charge in [0.2, 0.25) is 0 Å². The predicted octanol–water partition coefficient (Wildman–Crippen LogP) is 3.17. The number of aromatic nitrogens is 1. The fourth-order valence-corrected chi connectivity index (χ4v) is 3.26. The van der Waals surface area contributed by atoms with Gasteiger partial charge in [-0.15, -0.1) is 0 Å². The zero-order valence-corrected chi connectivity index (χ0v) is 13.0. The van der Waals surface area contributed by atoms with Gasteiger partial charge in [0.05, 0.1) is 15.7 Å². The van der Waals surface area contributed by atoms with Crippen LogP contribution in [0, 0.1) is 0 Å². The number of anilines is 1. The molecule has 18 heavy (non-hydrogen) atoms. The number of hydrogen-bond acceptors (Lipinski definition) is 3. The van der Waals surface area contributed by atoms with Gasteiger partial charge < -0.3 is 10.2 Å². The van der Waals surface area contributed by atoms with Crippen LogP contribution in [0.25, 0.3) is 10.9 Å². The van der Waals surface area contributed by atoms with E-state index in [4.69, 9.17) is 0 Å². The highest BCUT2D eigenvalue weighted by Crippen LogP contribution is 2.34. The Bertz CT molecular complexity index is 574. The van der Waals surface area contributed by atoms with Gasteiger partial charge in [-0.05, 0) is 34.1 Å². The first-order valence-electron chi connectivity index (χ1n) is 5.95. The Morgan fingerprint density at radius 1 is 1.17 bits per heavy atom. The molecule has 1 saturated heterocycles. The summed E-state index contributed by atoms with van der Waals surface area (Å²) in [5.41, 5.74) is 2.29. The zero-order chi connectivity index (χ0) is 12.5. The Morgan fingerprint density at radius 2 is 1.94 bits per heavy atom. The van der Waals surface area contributed by atoms with E-state index < -0.39 is 0 Å². The maximum absolute atomic E-state index is 4.47. The van der Waals surface area contributed by atoms with E-state index >= 15 is 0 Å². The lowest BCUT2D eigenvalue weighted by Crippen LogP contribution is -2.43. The molecule has 3 nitrogen and oxygen atoms in total. The molecule has 1 fully saturated rings. The van der Waals surface area contributed by atoms with Gasteiger partial charge >= 0.3 is 0 Å². The summed E-state index contributed by atoms with van der Waals surface area (Å²) < 4.78 is 2.15. The molecule has 2 heterocycles. The molecular weight excluding hydrogens is 358 g/mol. The van der Waals surface area contributed by atoms with Crippen molar-refractivity contribution in [3.63, 3.8) is 0 Å². The second-order valence-corrected chi connectivity index (χ2v) is 6.12. The smallest absolute Gasteiger partial charge is 0.0724 e. The van der Waals surface area contributed by atoms with Crippen LogP contribution in [0.4, 0.5) is 5.69 Å². The van der Waals surface area contributed by atoms with E-state index in [1.165, 1.54) is 11.1 Å². The molecular formula is C13H13Br2N3. The topological polar surface area (TPSA) is 28.2 Å². The summed E-state index contributed by atoms with van der Waals surface area (Å²) >= 11 is 7.18. The predicted molar refractivity (Wildman–Crippen MR) is 82.2 cm³/mol. The van der Waals surface area contributed by atoms with Gasteiger partial charge in [0, 0.05) is 42.2 Å². The molecule has 94 valence electrons. The van der Waals surface area contributed by atoms with Crippen LogP contribution in [0.3, 0.4) is 0 Å². The lowest BCUT2D eigenvalue weighted by Gasteiger charge is -2.31. The number of nitrogens with zero attached hydrogens (tertiary/aromatic N) is 2. The molecule has 0 radical (unpaired) electrons. The van der Waals surface area contributed by atoms with Gasteiger partial charge in [-0.1, -0.05) is 15.9 Å². The molecule has 3 rings (SSSR count). The third-order valence-electron chi connectivity index (χ3n) is 3.19. The van der Waals surface area contributed by atoms with E-state index in [2.05, 4.69) is 59.2 Å². The maximum atomic E-state index is 4.47. The van der Waals surface area contributed by atoms with E-state index in [0.717, 1.165) is 40.6 Å². The monoisotopic (exact) mass is 369 g/mol. The van der Waals surface area contributed by atoms with E-state index in [1.807, 2.05) is 12.3 Å². The van der Waals surface area contributed by atoms with E-state index in [-0.39, 0.29) is 0 Å². The third kappa shape index (κ3) is 2.27. The summed E-state index contributed by atoms with van der Waals surface area (Å²) in [5.74, 6) is 0. The minimum absolute atomic E-state index is 1.03. The normalized spacial score (nSPS) is 16.2. The zero-order valence-electron chi connectivity index (χ0n) is 9.79. The first-order chi connectivity index (χ1) is 8.75. The van der Waals surface area contributed by atoms with Crippen LogP contribution in [-0.2, 0) is 0 Å². The number of pyridine rings is 1. The molecule has 1 N–H and O–H groups in total. The van der Waals surface area contributed by atoms with Crippen molar-refractivity contribution in [3.8, 4) is 0 Å². The fraction of sp³-hybridized carbons (Fsp3) is 0.308. The summed E-state index contributed by atoms with van der Waals surface area (Å²) in [6.45, 7) is 4.13. The summed E-state index contributed by atoms with van der Waals surface area (Å²) in [5, 5.41) is 4.58. The molecule has 1 aliphatic rings. The molecule has 0 bridgehead atoms. The number of fused-ring (bicyclic) bond motifs is 1. The fourth-order valence-electron chi connectivity index (χ4n) is 2.34. The van der Waals surface area contributed by atoms with Crippen LogP contribution in [0.2, 0.25) is 0 Å². The molecule has 1 aromatic carbocycles. The largest absolute Gasteiger partial charge is 0.367 e. The van der Waals surface area contributed by atoms with Crippen LogP contribution in [0.15, 0.2) is 33.3 Å². The van der Waals surface area contributed by atoms with Gasteiger partial charge in [0.1, 0.15) is 0 Å². The molecule has 0 unspecified atom stereocenters. The van der Waals surface area contributed by atoms with Crippen LogP contribution < -0.4 is 10.2 Å². The van der Waals surface area contributed by atoms with Crippen molar-refractivity contribution in [2.24, 2.45) is 0 Å². The van der Waals surface area contributed by atoms with Gasteiger partial charge in [-0.2, -0.15) is 0 Å². The SMILES string of the molecule is Brc1ccc2ncc(Br)c(N3CCNCC3)c2c1. The van der Waals surface area contributed by atoms with Gasteiger partial charge in [-0.3, -0.25) is 4.98 Å². The van der Waals surface area contributed by atoms with Crippen molar-refractivity contribution in [3.05, 3.63) is 33.3 Å². The van der Waals surface area contributed by atoms with Crippen molar-refractivity contribution in [2.45, 2.75) is 0 Å². The van der Waals surface area contributed by atoms with Gasteiger partial charge in [-0.25, -0.2) is 0 Å². The van der Waals surface area contributed by atoms with E-state index in [1.54, 1.807) is 0 Å². The summed E-state index contributed by atoms with van der Waals surface area (Å²) in [6.07, 6.45) is 1.90. The number of rotatable bonds is 1. The van der Waals surface area contributed by atoms with Gasteiger partial charge in [0.25, 0.3) is 0 Å². The molecule has 1 aliphatic heterocycles. The van der Waals surface area contributed by atoms with Crippen molar-refractivity contribution < 1.29 is 0 Å². The van der Waals surface area contributed by atoms with Crippen LogP contribution in [-0.4, -0.2) is 31.2 Å². The Balaban J connectivity index is 2.18. The molecule has 5 heteroatoms. The minimum Gasteiger partial charge on any atom is -0.367 e. The summed E-state index contributed by atoms with van der Waals surface area (Å²) in [7, 11) is 0. The molecule has 0 saturated carbocycles. The first kappa shape index (κ1) is 12.4. The van der Waals surface area contributed by atoms with Crippen molar-refractivity contribution >= 4 is 48.5 Å². The van der Waals surface area contributed by atoms with Crippen molar-refractivity contribution in [1.29, 1.82) is 0 Å². The standard InChI is InChI=1S/C13H13Br2N3/c14-9-1-2-12-10(7-9)13(11(15)8-17-12)18-5-3-16-4-6-18/h1-2,7-8,16H,3-6H2. The first-order valence-corrected chi connectivity index (χ1v) is 7.54. The number of nitrogens with one attached hydrogen (secondary N) is 1. The average Bonchev–Trinajstić information content (AvgIpc) is 2.39. The Labute approximate surface area is 123 Å². The second kappa shape index (κ2) is 5.15. The second-order valence-electron chi connectivity index (χ2n) is 4.35. The van der Waals surface area contributed by atoms with E-state index in [0.29, 0.717) is 0 Å². The average molecular weight is 371 g/mol. The Kier molecular flexibility index (Phi) is 3.54. The molecule has 1 aromatic heterocycles. The molecule has 0 atom stereocenters. The van der Waals surface area contributed by atoms with Crippen molar-refractivity contribution in [2.75, 3.05) is 31.1 Å². The lowest BCUT2D eigenvalue weighted by molar-refractivity contribution is 0.589. The molecule has 0 spiro atoms. The van der Waals surface area contributed by atoms with Crippen LogP contribution in [0.5, 0.6) is 0 Å². The summed E-state index contributed by atoms with van der Waals surface area (Å²) in [4.78, 5) is 6.88. The van der Waals surface area contributed by atoms with Gasteiger partial charge in [0.15, 0.2) is 0 Å². The van der Waals surface area contributed by atoms with E-state index in [9.17, 15) is 0 Å². The van der Waals surface area contributed by atoms with Crippen molar-refractivity contribution in [1.82, 2.24) is 10.3 Å². The molecule has 2 aromatic rings. The lowest BCUT2D eigenvalue weighted by atomic mass is 10.1. The molecule has 0 amide bonds. The quantitative estimate of drug-likeness (QED) is 0.835. The highest BCUT2D eigenvalue weighted by Gasteiger charge is 2.16. The number of halogens is 2. The van der Waals surface area contributed by atoms with Crippen LogP contribution >= 0.6 is 31.9 Å². The maximum Gasteiger partial charge on any atom is 0.0724 e. The third-order valence-corrected chi connectivity index (χ3v) is 4.26. The summed E-state index contributed by atoms with van der Waals surface area (Å²) in [6, 6.07) is 6.23. The number of piperazine rings is 1. The minimum atomic E-state index is 1.03. The Morgan fingerprint density at radius 3 is 2.72 bits per heavy atom. The highest BCUT2D eigenvalue weighted by atomic mass is 79.9. The van der Waals surface area contributed by atoms with Crippen LogP contribution in [0.1, 0.15) is 0 Å². The number of benzene rings is 1. The highest BCUT2D eigenvalue weighted by molar-refractivity contribution is 9.11. The Hall–Kier alpha value is -0.650.